The molecule has 1 aliphatic carbocycles. The summed E-state index contributed by atoms with van der Waals surface area (Å²) in [6, 6.07) is 60.8. The molecule has 0 bridgehead atoms. The molecular formula is C48H36N2. The molecule has 0 amide bonds. The fourth-order valence-corrected chi connectivity index (χ4v) is 8.32. The zero-order chi connectivity index (χ0) is 33.0. The molecule has 0 aliphatic heterocycles. The van der Waals surface area contributed by atoms with E-state index in [-0.39, 0.29) is 0 Å². The molecule has 7 aromatic carbocycles. The monoisotopic (exact) mass is 640 g/mol. The fraction of sp³-hybridized carbons (Fsp3) is 0.0833. The Morgan fingerprint density at radius 3 is 1.60 bits per heavy atom. The van der Waals surface area contributed by atoms with E-state index < -0.39 is 0 Å². The fourth-order valence-electron chi connectivity index (χ4n) is 8.32. The minimum atomic E-state index is 0.396. The quantitative estimate of drug-likeness (QED) is 0.166. The standard InChI is InChI=1S/C48H36N2/c1-4-14-33(15-5-1)36-28-37(34-24-26-47-43(31-34)41-20-10-12-22-45(41)49(47)39-16-6-2-7-17-39)30-38(29-36)35-25-27-48-44(32-35)42-21-11-13-23-46(42)50(48)40-18-8-3-9-19-40/h1-2,4-8,10-18,20-32,40H,3,9,19H2. The molecule has 1 aliphatic rings. The Morgan fingerprint density at radius 2 is 0.920 bits per heavy atom. The molecule has 10 rings (SSSR count). The molecule has 0 spiro atoms. The summed E-state index contributed by atoms with van der Waals surface area (Å²) >= 11 is 0. The van der Waals surface area contributed by atoms with E-state index in [9.17, 15) is 0 Å². The lowest BCUT2D eigenvalue weighted by molar-refractivity contribution is 0.542. The number of nitrogens with zero attached hydrogens (tertiary/aromatic N) is 2. The molecule has 0 radical (unpaired) electrons. The van der Waals surface area contributed by atoms with Crippen molar-refractivity contribution in [1.29, 1.82) is 0 Å². The van der Waals surface area contributed by atoms with Gasteiger partial charge in [-0.3, -0.25) is 0 Å². The zero-order valence-electron chi connectivity index (χ0n) is 27.8. The normalized spacial score (nSPS) is 14.7. The van der Waals surface area contributed by atoms with Crippen molar-refractivity contribution in [2.75, 3.05) is 0 Å². The Morgan fingerprint density at radius 1 is 0.400 bits per heavy atom. The Hall–Kier alpha value is -6.12. The predicted octanol–water partition coefficient (Wildman–Crippen LogP) is 13.2. The Labute approximate surface area is 292 Å². The minimum absolute atomic E-state index is 0.396. The van der Waals surface area contributed by atoms with E-state index >= 15 is 0 Å². The van der Waals surface area contributed by atoms with Crippen molar-refractivity contribution in [1.82, 2.24) is 9.13 Å². The van der Waals surface area contributed by atoms with Crippen molar-refractivity contribution in [3.05, 3.63) is 176 Å². The van der Waals surface area contributed by atoms with Gasteiger partial charge in [-0.15, -0.1) is 0 Å². The average molecular weight is 641 g/mol. The topological polar surface area (TPSA) is 9.86 Å². The van der Waals surface area contributed by atoms with E-state index in [4.69, 9.17) is 0 Å². The van der Waals surface area contributed by atoms with Crippen LogP contribution in [0.1, 0.15) is 25.3 Å². The van der Waals surface area contributed by atoms with Crippen molar-refractivity contribution >= 4 is 43.6 Å². The lowest BCUT2D eigenvalue weighted by Crippen LogP contribution is -2.08. The van der Waals surface area contributed by atoms with E-state index in [0.717, 1.165) is 0 Å². The van der Waals surface area contributed by atoms with E-state index in [1.54, 1.807) is 0 Å². The van der Waals surface area contributed by atoms with E-state index in [2.05, 4.69) is 185 Å². The second-order valence-electron chi connectivity index (χ2n) is 13.6. The zero-order valence-corrected chi connectivity index (χ0v) is 27.8. The molecule has 2 aromatic heterocycles. The molecule has 1 unspecified atom stereocenters. The van der Waals surface area contributed by atoms with Gasteiger partial charge < -0.3 is 9.13 Å². The maximum Gasteiger partial charge on any atom is 0.0541 e. The molecule has 2 heterocycles. The minimum Gasteiger partial charge on any atom is -0.333 e. The summed E-state index contributed by atoms with van der Waals surface area (Å²) in [5.74, 6) is 0. The number of rotatable bonds is 5. The van der Waals surface area contributed by atoms with Crippen LogP contribution < -0.4 is 0 Å². The SMILES string of the molecule is C1=CC(n2c3ccccc3c3cc(-c4cc(-c5ccccc5)cc(-c5ccc6c(c5)c5ccccc5n6-c5ccccc5)c4)ccc32)CCC1. The third kappa shape index (κ3) is 4.71. The van der Waals surface area contributed by atoms with E-state index in [1.807, 2.05) is 0 Å². The Balaban J connectivity index is 1.17. The lowest BCUT2D eigenvalue weighted by Gasteiger charge is -2.21. The highest BCUT2D eigenvalue weighted by atomic mass is 15.0. The second-order valence-corrected chi connectivity index (χ2v) is 13.6. The van der Waals surface area contributed by atoms with Gasteiger partial charge in [0.25, 0.3) is 0 Å². The molecule has 238 valence electrons. The maximum absolute atomic E-state index is 2.57. The molecule has 0 saturated heterocycles. The van der Waals surface area contributed by atoms with Crippen LogP contribution in [0, 0.1) is 0 Å². The average Bonchev–Trinajstić information content (AvgIpc) is 3.71. The van der Waals surface area contributed by atoms with Crippen LogP contribution in [-0.4, -0.2) is 9.13 Å². The second kappa shape index (κ2) is 11.8. The number of hydrogen-bond acceptors (Lipinski definition) is 0. The van der Waals surface area contributed by atoms with Crippen LogP contribution in [0.4, 0.5) is 0 Å². The van der Waals surface area contributed by atoms with Crippen molar-refractivity contribution in [3.63, 3.8) is 0 Å². The van der Waals surface area contributed by atoms with Gasteiger partial charge in [0, 0.05) is 38.3 Å². The first kappa shape index (κ1) is 28.9. The van der Waals surface area contributed by atoms with Crippen LogP contribution in [0.25, 0.3) is 82.7 Å². The predicted molar refractivity (Wildman–Crippen MR) is 212 cm³/mol. The van der Waals surface area contributed by atoms with Crippen LogP contribution in [0.5, 0.6) is 0 Å². The molecule has 0 fully saturated rings. The first-order chi connectivity index (χ1) is 24.8. The summed E-state index contributed by atoms with van der Waals surface area (Å²) in [5.41, 5.74) is 13.6. The summed E-state index contributed by atoms with van der Waals surface area (Å²) in [4.78, 5) is 0. The number of allylic oxidation sites excluding steroid dienone is 2. The highest BCUT2D eigenvalue weighted by molar-refractivity contribution is 6.11. The number of para-hydroxylation sites is 3. The van der Waals surface area contributed by atoms with Crippen LogP contribution in [0.2, 0.25) is 0 Å². The summed E-state index contributed by atoms with van der Waals surface area (Å²) < 4.78 is 4.95. The lowest BCUT2D eigenvalue weighted by atomic mass is 9.92. The van der Waals surface area contributed by atoms with Crippen LogP contribution in [0.3, 0.4) is 0 Å². The van der Waals surface area contributed by atoms with Crippen LogP contribution in [-0.2, 0) is 0 Å². The smallest absolute Gasteiger partial charge is 0.0541 e. The third-order valence-corrected chi connectivity index (χ3v) is 10.7. The van der Waals surface area contributed by atoms with Gasteiger partial charge in [0.2, 0.25) is 0 Å². The molecular weight excluding hydrogens is 605 g/mol. The number of fused-ring (bicyclic) bond motifs is 6. The van der Waals surface area contributed by atoms with E-state index in [1.165, 1.54) is 102 Å². The van der Waals surface area contributed by atoms with Gasteiger partial charge in [-0.25, -0.2) is 0 Å². The van der Waals surface area contributed by atoms with Gasteiger partial charge in [0.05, 0.1) is 17.1 Å². The Bertz CT molecular complexity index is 2730. The first-order valence-electron chi connectivity index (χ1n) is 17.8. The molecule has 1 atom stereocenters. The molecule has 2 heteroatoms. The van der Waals surface area contributed by atoms with E-state index in [0.29, 0.717) is 6.04 Å². The molecule has 0 saturated carbocycles. The van der Waals surface area contributed by atoms with Gasteiger partial charge >= 0.3 is 0 Å². The van der Waals surface area contributed by atoms with Gasteiger partial charge in [0.15, 0.2) is 0 Å². The maximum atomic E-state index is 2.57. The summed E-state index contributed by atoms with van der Waals surface area (Å²) in [5, 5.41) is 5.17. The van der Waals surface area contributed by atoms with Gasteiger partial charge in [0.1, 0.15) is 0 Å². The first-order valence-corrected chi connectivity index (χ1v) is 17.8. The van der Waals surface area contributed by atoms with Crippen LogP contribution in [0.15, 0.2) is 176 Å². The number of aromatic nitrogens is 2. The van der Waals surface area contributed by atoms with Gasteiger partial charge in [-0.05, 0) is 119 Å². The van der Waals surface area contributed by atoms with Gasteiger partial charge in [-0.2, -0.15) is 0 Å². The highest BCUT2D eigenvalue weighted by Crippen LogP contribution is 2.40. The van der Waals surface area contributed by atoms with Crippen molar-refractivity contribution in [2.45, 2.75) is 25.3 Å². The van der Waals surface area contributed by atoms with Crippen molar-refractivity contribution in [2.24, 2.45) is 0 Å². The number of hydrogen-bond donors (Lipinski definition) is 0. The third-order valence-electron chi connectivity index (χ3n) is 10.7. The van der Waals surface area contributed by atoms with Gasteiger partial charge in [-0.1, -0.05) is 109 Å². The van der Waals surface area contributed by atoms with Crippen molar-refractivity contribution < 1.29 is 0 Å². The summed E-state index contributed by atoms with van der Waals surface area (Å²) in [7, 11) is 0. The highest BCUT2D eigenvalue weighted by Gasteiger charge is 2.19. The summed E-state index contributed by atoms with van der Waals surface area (Å²) in [6.45, 7) is 0. The summed E-state index contributed by atoms with van der Waals surface area (Å²) in [6.07, 6.45) is 8.37. The van der Waals surface area contributed by atoms with Crippen molar-refractivity contribution in [3.8, 4) is 39.1 Å². The molecule has 50 heavy (non-hydrogen) atoms. The molecule has 2 nitrogen and oxygen atoms in total. The number of benzene rings is 7. The largest absolute Gasteiger partial charge is 0.333 e. The van der Waals surface area contributed by atoms with Crippen LogP contribution >= 0.6 is 0 Å². The molecule has 0 N–H and O–H groups in total. The Kier molecular flexibility index (Phi) is 6.80. The molecule has 9 aromatic rings.